The summed E-state index contributed by atoms with van der Waals surface area (Å²) < 4.78 is 5.25. The Bertz CT molecular complexity index is 756. The van der Waals surface area contributed by atoms with Gasteiger partial charge in [0, 0.05) is 12.7 Å². The fraction of sp³-hybridized carbons (Fsp3) is 0.316. The van der Waals surface area contributed by atoms with Gasteiger partial charge < -0.3 is 15.0 Å². The number of methoxy groups -OCH3 is 1. The van der Waals surface area contributed by atoms with Gasteiger partial charge in [0.2, 0.25) is 5.91 Å². The Kier molecular flexibility index (Phi) is 3.16. The van der Waals surface area contributed by atoms with Crippen LogP contribution in [0.3, 0.4) is 0 Å². The standard InChI is InChI=1S/C19H20N2O2/c1-21-16-6-4-3-5-15(16)19(18(21)22)11-12-20-17(19)13-7-9-14(23-2)10-8-13/h3-10,17,20H,11-12H2,1-2H3/t17-,19?/m1/s1. The maximum absolute atomic E-state index is 13.2. The molecule has 2 atom stereocenters. The molecule has 23 heavy (non-hydrogen) atoms. The summed E-state index contributed by atoms with van der Waals surface area (Å²) in [6, 6.07) is 16.2. The van der Waals surface area contributed by atoms with Gasteiger partial charge in [0.1, 0.15) is 5.75 Å². The van der Waals surface area contributed by atoms with Gasteiger partial charge in [-0.1, -0.05) is 30.3 Å². The van der Waals surface area contributed by atoms with Crippen LogP contribution in [0.5, 0.6) is 5.75 Å². The highest BCUT2D eigenvalue weighted by molar-refractivity contribution is 6.08. The topological polar surface area (TPSA) is 41.6 Å². The van der Waals surface area contributed by atoms with Crippen molar-refractivity contribution in [3.63, 3.8) is 0 Å². The molecule has 118 valence electrons. The fourth-order valence-electron chi connectivity index (χ4n) is 4.12. The quantitative estimate of drug-likeness (QED) is 0.927. The monoisotopic (exact) mass is 308 g/mol. The molecule has 2 aromatic rings. The van der Waals surface area contributed by atoms with Crippen molar-refractivity contribution in [1.29, 1.82) is 0 Å². The average Bonchev–Trinajstić information content (AvgIpc) is 3.13. The van der Waals surface area contributed by atoms with Crippen molar-refractivity contribution in [2.45, 2.75) is 17.9 Å². The van der Waals surface area contributed by atoms with Gasteiger partial charge in [-0.3, -0.25) is 4.79 Å². The van der Waals surface area contributed by atoms with Crippen molar-refractivity contribution >= 4 is 11.6 Å². The molecule has 4 heteroatoms. The van der Waals surface area contributed by atoms with Crippen molar-refractivity contribution in [2.75, 3.05) is 25.6 Å². The number of hydrogen-bond donors (Lipinski definition) is 1. The summed E-state index contributed by atoms with van der Waals surface area (Å²) in [4.78, 5) is 15.0. The molecule has 4 nitrogen and oxygen atoms in total. The van der Waals surface area contributed by atoms with Gasteiger partial charge in [0.15, 0.2) is 0 Å². The number of rotatable bonds is 2. The predicted octanol–water partition coefficient (Wildman–Crippen LogP) is 2.64. The summed E-state index contributed by atoms with van der Waals surface area (Å²) in [5, 5.41) is 3.55. The van der Waals surface area contributed by atoms with Crippen molar-refractivity contribution < 1.29 is 9.53 Å². The zero-order chi connectivity index (χ0) is 16.0. The number of para-hydroxylation sites is 1. The molecule has 2 heterocycles. The molecule has 0 aromatic heterocycles. The highest BCUT2D eigenvalue weighted by atomic mass is 16.5. The van der Waals surface area contributed by atoms with Crippen LogP contribution in [0.25, 0.3) is 0 Å². The van der Waals surface area contributed by atoms with Crippen LogP contribution in [0.4, 0.5) is 5.69 Å². The lowest BCUT2D eigenvalue weighted by atomic mass is 9.73. The number of anilines is 1. The summed E-state index contributed by atoms with van der Waals surface area (Å²) in [6.07, 6.45) is 0.823. The van der Waals surface area contributed by atoms with Gasteiger partial charge in [0.05, 0.1) is 18.6 Å². The molecule has 1 N–H and O–H groups in total. The molecule has 2 aliphatic heterocycles. The molecule has 0 bridgehead atoms. The molecule has 2 aromatic carbocycles. The normalized spacial score (nSPS) is 25.9. The molecule has 1 unspecified atom stereocenters. The SMILES string of the molecule is COc1ccc([C@H]2NCCC23C(=O)N(C)c2ccccc23)cc1. The zero-order valence-electron chi connectivity index (χ0n) is 13.4. The molecule has 0 radical (unpaired) electrons. The lowest BCUT2D eigenvalue weighted by molar-refractivity contribution is -0.123. The summed E-state index contributed by atoms with van der Waals surface area (Å²) in [5.74, 6) is 1.01. The second-order valence-corrected chi connectivity index (χ2v) is 6.26. The van der Waals surface area contributed by atoms with Gasteiger partial charge in [-0.15, -0.1) is 0 Å². The van der Waals surface area contributed by atoms with E-state index in [0.29, 0.717) is 0 Å². The van der Waals surface area contributed by atoms with Crippen molar-refractivity contribution in [3.05, 3.63) is 59.7 Å². The smallest absolute Gasteiger partial charge is 0.239 e. The van der Waals surface area contributed by atoms with E-state index in [-0.39, 0.29) is 11.9 Å². The van der Waals surface area contributed by atoms with Crippen molar-refractivity contribution in [3.8, 4) is 5.75 Å². The number of nitrogens with zero attached hydrogens (tertiary/aromatic N) is 1. The number of carbonyl (C=O) groups excluding carboxylic acids is 1. The van der Waals surface area contributed by atoms with Crippen LogP contribution in [-0.2, 0) is 10.2 Å². The molecule has 1 saturated heterocycles. The maximum atomic E-state index is 13.2. The van der Waals surface area contributed by atoms with Gasteiger partial charge >= 0.3 is 0 Å². The van der Waals surface area contributed by atoms with Gasteiger partial charge in [-0.05, 0) is 42.3 Å². The highest BCUT2D eigenvalue weighted by Crippen LogP contribution is 2.52. The third-order valence-corrected chi connectivity index (χ3v) is 5.24. The molecule has 1 amide bonds. The number of benzene rings is 2. The van der Waals surface area contributed by atoms with E-state index >= 15 is 0 Å². The Balaban J connectivity index is 1.84. The first-order chi connectivity index (χ1) is 11.2. The lowest BCUT2D eigenvalue weighted by Crippen LogP contribution is -2.42. The minimum Gasteiger partial charge on any atom is -0.497 e. The van der Waals surface area contributed by atoms with Crippen molar-refractivity contribution in [2.24, 2.45) is 0 Å². The van der Waals surface area contributed by atoms with Crippen LogP contribution >= 0.6 is 0 Å². The van der Waals surface area contributed by atoms with E-state index in [1.54, 1.807) is 12.0 Å². The molecular formula is C19H20N2O2. The molecule has 0 saturated carbocycles. The van der Waals surface area contributed by atoms with Gasteiger partial charge in [-0.25, -0.2) is 0 Å². The van der Waals surface area contributed by atoms with E-state index in [0.717, 1.165) is 35.5 Å². The minimum absolute atomic E-state index is 0.00740. The second-order valence-electron chi connectivity index (χ2n) is 6.26. The maximum Gasteiger partial charge on any atom is 0.239 e. The third kappa shape index (κ3) is 1.85. The number of amides is 1. The number of carbonyl (C=O) groups is 1. The summed E-state index contributed by atoms with van der Waals surface area (Å²) in [6.45, 7) is 0.838. The highest BCUT2D eigenvalue weighted by Gasteiger charge is 2.57. The van der Waals surface area contributed by atoms with Crippen LogP contribution in [0.15, 0.2) is 48.5 Å². The molecule has 4 rings (SSSR count). The number of ether oxygens (including phenoxy) is 1. The third-order valence-electron chi connectivity index (χ3n) is 5.24. The Morgan fingerprint density at radius 1 is 1.17 bits per heavy atom. The molecule has 1 fully saturated rings. The Labute approximate surface area is 136 Å². The van der Waals surface area contributed by atoms with Gasteiger partial charge in [0.25, 0.3) is 0 Å². The second kappa shape index (κ2) is 5.10. The van der Waals surface area contributed by atoms with Crippen LogP contribution in [-0.4, -0.2) is 26.6 Å². The Morgan fingerprint density at radius 3 is 2.65 bits per heavy atom. The van der Waals surface area contributed by atoms with E-state index in [2.05, 4.69) is 23.5 Å². The van der Waals surface area contributed by atoms with Crippen LogP contribution < -0.4 is 15.0 Å². The summed E-state index contributed by atoms with van der Waals surface area (Å²) >= 11 is 0. The van der Waals surface area contributed by atoms with Crippen LogP contribution in [0.1, 0.15) is 23.6 Å². The number of hydrogen-bond acceptors (Lipinski definition) is 3. The van der Waals surface area contributed by atoms with E-state index in [1.807, 2.05) is 37.4 Å². The Morgan fingerprint density at radius 2 is 1.91 bits per heavy atom. The van der Waals surface area contributed by atoms with E-state index in [9.17, 15) is 4.79 Å². The molecule has 2 aliphatic rings. The Hall–Kier alpha value is -2.33. The summed E-state index contributed by atoms with van der Waals surface area (Å²) in [7, 11) is 3.54. The predicted molar refractivity (Wildman–Crippen MR) is 89.9 cm³/mol. The molecule has 0 aliphatic carbocycles. The van der Waals surface area contributed by atoms with Crippen LogP contribution in [0, 0.1) is 0 Å². The fourth-order valence-corrected chi connectivity index (χ4v) is 4.12. The number of likely N-dealkylation sites (N-methyl/N-ethyl adjacent to an activating group) is 1. The van der Waals surface area contributed by atoms with Crippen LogP contribution in [0.2, 0.25) is 0 Å². The first-order valence-electron chi connectivity index (χ1n) is 7.93. The first kappa shape index (κ1) is 14.3. The summed E-state index contributed by atoms with van der Waals surface area (Å²) in [5.41, 5.74) is 2.79. The largest absolute Gasteiger partial charge is 0.497 e. The van der Waals surface area contributed by atoms with Gasteiger partial charge in [-0.2, -0.15) is 0 Å². The lowest BCUT2D eigenvalue weighted by Gasteiger charge is -2.30. The van der Waals surface area contributed by atoms with Crippen molar-refractivity contribution in [1.82, 2.24) is 5.32 Å². The minimum atomic E-state index is -0.500. The first-order valence-corrected chi connectivity index (χ1v) is 7.93. The van der Waals surface area contributed by atoms with E-state index in [4.69, 9.17) is 4.74 Å². The number of fused-ring (bicyclic) bond motifs is 2. The van der Waals surface area contributed by atoms with E-state index in [1.165, 1.54) is 0 Å². The molecular weight excluding hydrogens is 288 g/mol. The van der Waals surface area contributed by atoms with E-state index < -0.39 is 5.41 Å². The molecule has 1 spiro atoms. The zero-order valence-corrected chi connectivity index (χ0v) is 13.4. The number of nitrogens with one attached hydrogen (secondary N) is 1. The average molecular weight is 308 g/mol.